The molecule has 6 nitrogen and oxygen atoms in total. The first-order valence-corrected chi connectivity index (χ1v) is 9.46. The molecule has 29 heavy (non-hydrogen) atoms. The maximum absolute atomic E-state index is 13.4. The van der Waals surface area contributed by atoms with Gasteiger partial charge in [-0.3, -0.25) is 4.79 Å². The predicted molar refractivity (Wildman–Crippen MR) is 108 cm³/mol. The van der Waals surface area contributed by atoms with Gasteiger partial charge >= 0.3 is 0 Å². The summed E-state index contributed by atoms with van der Waals surface area (Å²) in [6, 6.07) is 17.0. The zero-order valence-corrected chi connectivity index (χ0v) is 16.0. The Balaban J connectivity index is 1.44. The summed E-state index contributed by atoms with van der Waals surface area (Å²) in [5, 5.41) is 0. The number of benzene rings is 2. The summed E-state index contributed by atoms with van der Waals surface area (Å²) < 4.78 is 19.0. The fourth-order valence-electron chi connectivity index (χ4n) is 3.42. The Kier molecular flexibility index (Phi) is 5.37. The van der Waals surface area contributed by atoms with E-state index in [1.165, 1.54) is 18.5 Å². The Bertz CT molecular complexity index is 999. The summed E-state index contributed by atoms with van der Waals surface area (Å²) in [5.41, 5.74) is 0.695. The van der Waals surface area contributed by atoms with Gasteiger partial charge in [0.15, 0.2) is 0 Å². The van der Waals surface area contributed by atoms with E-state index in [-0.39, 0.29) is 17.8 Å². The van der Waals surface area contributed by atoms with Crippen LogP contribution in [0.2, 0.25) is 0 Å². The molecular weight excluding hydrogens is 371 g/mol. The fourth-order valence-corrected chi connectivity index (χ4v) is 3.42. The first-order valence-electron chi connectivity index (χ1n) is 9.46. The topological polar surface area (TPSA) is 58.6 Å². The van der Waals surface area contributed by atoms with Gasteiger partial charge < -0.3 is 14.5 Å². The van der Waals surface area contributed by atoms with Crippen LogP contribution in [0.3, 0.4) is 0 Å². The number of aromatic nitrogens is 2. The zero-order valence-electron chi connectivity index (χ0n) is 16.0. The molecule has 1 fully saturated rings. The average molecular weight is 392 g/mol. The molecule has 1 aromatic heterocycles. The molecule has 148 valence electrons. The molecule has 0 spiro atoms. The van der Waals surface area contributed by atoms with Crippen LogP contribution in [-0.2, 0) is 0 Å². The molecule has 4 rings (SSSR count). The lowest BCUT2D eigenvalue weighted by Gasteiger charge is -2.40. The van der Waals surface area contributed by atoms with E-state index < -0.39 is 0 Å². The van der Waals surface area contributed by atoms with E-state index in [0.717, 1.165) is 0 Å². The van der Waals surface area contributed by atoms with Crippen molar-refractivity contribution in [2.75, 3.05) is 24.5 Å². The number of hydrogen-bond acceptors (Lipinski definition) is 5. The molecule has 0 aliphatic carbocycles. The van der Waals surface area contributed by atoms with Crippen LogP contribution in [0.4, 0.5) is 10.2 Å². The Morgan fingerprint density at radius 3 is 2.66 bits per heavy atom. The molecule has 1 amide bonds. The molecule has 1 aliphatic rings. The highest BCUT2D eigenvalue weighted by Gasteiger charge is 2.28. The van der Waals surface area contributed by atoms with Crippen molar-refractivity contribution in [3.8, 4) is 11.6 Å². The second-order valence-electron chi connectivity index (χ2n) is 6.93. The van der Waals surface area contributed by atoms with Crippen LogP contribution in [0.15, 0.2) is 67.0 Å². The molecule has 0 N–H and O–H groups in total. The van der Waals surface area contributed by atoms with E-state index in [1.807, 2.05) is 42.2 Å². The first-order chi connectivity index (χ1) is 14.1. The lowest BCUT2D eigenvalue weighted by molar-refractivity contribution is 0.0673. The molecule has 1 saturated heterocycles. The van der Waals surface area contributed by atoms with Gasteiger partial charge in [0.25, 0.3) is 5.91 Å². The highest BCUT2D eigenvalue weighted by atomic mass is 19.1. The largest absolute Gasteiger partial charge is 0.439 e. The second kappa shape index (κ2) is 8.26. The van der Waals surface area contributed by atoms with E-state index in [4.69, 9.17) is 4.74 Å². The van der Waals surface area contributed by atoms with Gasteiger partial charge in [0.1, 0.15) is 23.7 Å². The number of carbonyl (C=O) groups excluding carboxylic acids is 1. The third-order valence-electron chi connectivity index (χ3n) is 4.88. The van der Waals surface area contributed by atoms with Crippen molar-refractivity contribution >= 4 is 11.7 Å². The smallest absolute Gasteiger partial charge is 0.254 e. The number of halogens is 1. The summed E-state index contributed by atoms with van der Waals surface area (Å²) in [6.07, 6.45) is 1.43. The van der Waals surface area contributed by atoms with Crippen molar-refractivity contribution in [2.45, 2.75) is 13.0 Å². The summed E-state index contributed by atoms with van der Waals surface area (Å²) in [7, 11) is 0. The predicted octanol–water partition coefficient (Wildman–Crippen LogP) is 3.76. The van der Waals surface area contributed by atoms with E-state index >= 15 is 0 Å². The lowest BCUT2D eigenvalue weighted by atomic mass is 10.1. The van der Waals surface area contributed by atoms with Crippen LogP contribution in [0.5, 0.6) is 11.6 Å². The summed E-state index contributed by atoms with van der Waals surface area (Å²) in [6.45, 7) is 3.92. The van der Waals surface area contributed by atoms with Gasteiger partial charge in [0, 0.05) is 43.4 Å². The lowest BCUT2D eigenvalue weighted by Crippen LogP contribution is -2.54. The molecule has 3 aromatic rings. The number of rotatable bonds is 4. The van der Waals surface area contributed by atoms with Gasteiger partial charge in [0.05, 0.1) is 0 Å². The molecular formula is C22H21FN4O2. The molecule has 0 radical (unpaired) electrons. The number of hydrogen-bond donors (Lipinski definition) is 0. The maximum Gasteiger partial charge on any atom is 0.254 e. The summed E-state index contributed by atoms with van der Waals surface area (Å²) in [5.74, 6) is 1.10. The van der Waals surface area contributed by atoms with Crippen LogP contribution in [0.1, 0.15) is 17.3 Å². The van der Waals surface area contributed by atoms with Crippen molar-refractivity contribution < 1.29 is 13.9 Å². The van der Waals surface area contributed by atoms with E-state index in [1.54, 1.807) is 18.2 Å². The Labute approximate surface area is 168 Å². The SMILES string of the molecule is CC1CN(c2cc(Oc3cccc(F)c3)ncn2)CCN1C(=O)c1ccccc1. The minimum absolute atomic E-state index is 0.0269. The van der Waals surface area contributed by atoms with E-state index in [0.29, 0.717) is 42.6 Å². The highest BCUT2D eigenvalue weighted by molar-refractivity contribution is 5.94. The van der Waals surface area contributed by atoms with Crippen molar-refractivity contribution in [1.82, 2.24) is 14.9 Å². The van der Waals surface area contributed by atoms with Crippen molar-refractivity contribution in [1.29, 1.82) is 0 Å². The molecule has 1 aliphatic heterocycles. The Morgan fingerprint density at radius 2 is 1.90 bits per heavy atom. The van der Waals surface area contributed by atoms with Crippen LogP contribution < -0.4 is 9.64 Å². The molecule has 0 bridgehead atoms. The zero-order chi connectivity index (χ0) is 20.2. The van der Waals surface area contributed by atoms with Crippen LogP contribution in [0.25, 0.3) is 0 Å². The Hall–Kier alpha value is -3.48. The van der Waals surface area contributed by atoms with Crippen LogP contribution in [-0.4, -0.2) is 46.5 Å². The fraction of sp³-hybridized carbons (Fsp3) is 0.227. The first kappa shape index (κ1) is 18.9. The van der Waals surface area contributed by atoms with Gasteiger partial charge in [0.2, 0.25) is 5.88 Å². The van der Waals surface area contributed by atoms with Crippen molar-refractivity contribution in [3.05, 3.63) is 78.4 Å². The molecule has 1 unspecified atom stereocenters. The van der Waals surface area contributed by atoms with Crippen LogP contribution in [0, 0.1) is 5.82 Å². The monoisotopic (exact) mass is 392 g/mol. The third kappa shape index (κ3) is 4.34. The van der Waals surface area contributed by atoms with Gasteiger partial charge in [-0.1, -0.05) is 24.3 Å². The minimum Gasteiger partial charge on any atom is -0.439 e. The summed E-state index contributed by atoms with van der Waals surface area (Å²) >= 11 is 0. The van der Waals surface area contributed by atoms with Crippen molar-refractivity contribution in [2.24, 2.45) is 0 Å². The van der Waals surface area contributed by atoms with Gasteiger partial charge in [-0.25, -0.2) is 14.4 Å². The molecule has 7 heteroatoms. The molecule has 2 aromatic carbocycles. The van der Waals surface area contributed by atoms with Gasteiger partial charge in [-0.2, -0.15) is 0 Å². The third-order valence-corrected chi connectivity index (χ3v) is 4.88. The highest BCUT2D eigenvalue weighted by Crippen LogP contribution is 2.24. The van der Waals surface area contributed by atoms with Gasteiger partial charge in [-0.15, -0.1) is 0 Å². The number of ether oxygens (including phenoxy) is 1. The average Bonchev–Trinajstić information content (AvgIpc) is 2.74. The maximum atomic E-state index is 13.4. The second-order valence-corrected chi connectivity index (χ2v) is 6.93. The molecule has 2 heterocycles. The van der Waals surface area contributed by atoms with Crippen molar-refractivity contribution in [3.63, 3.8) is 0 Å². The number of nitrogens with zero attached hydrogens (tertiary/aromatic N) is 4. The number of carbonyl (C=O) groups is 1. The number of amides is 1. The van der Waals surface area contributed by atoms with Gasteiger partial charge in [-0.05, 0) is 31.2 Å². The Morgan fingerprint density at radius 1 is 1.07 bits per heavy atom. The molecule has 0 saturated carbocycles. The quantitative estimate of drug-likeness (QED) is 0.677. The number of piperazine rings is 1. The van der Waals surface area contributed by atoms with E-state index in [2.05, 4.69) is 14.9 Å². The summed E-state index contributed by atoms with van der Waals surface area (Å²) in [4.78, 5) is 25.2. The van der Waals surface area contributed by atoms with Crippen LogP contribution >= 0.6 is 0 Å². The minimum atomic E-state index is -0.371. The number of anilines is 1. The normalized spacial score (nSPS) is 16.6. The standard InChI is InChI=1S/C22H21FN4O2/c1-16-14-26(10-11-27(16)22(28)17-6-3-2-4-7-17)20-13-21(25-15-24-20)29-19-9-5-8-18(23)12-19/h2-9,12-13,15-16H,10-11,14H2,1H3. The van der Waals surface area contributed by atoms with E-state index in [9.17, 15) is 9.18 Å². The molecule has 1 atom stereocenters.